The van der Waals surface area contributed by atoms with Crippen molar-refractivity contribution in [2.75, 3.05) is 11.9 Å². The molecule has 2 amide bonds. The highest BCUT2D eigenvalue weighted by Gasteiger charge is 2.15. The summed E-state index contributed by atoms with van der Waals surface area (Å²) < 4.78 is 5.02. The van der Waals surface area contributed by atoms with Crippen LogP contribution in [0.2, 0.25) is 0 Å². The van der Waals surface area contributed by atoms with Crippen molar-refractivity contribution in [1.82, 2.24) is 10.3 Å². The number of carbonyl (C=O) groups excluding carboxylic acids is 3. The molecule has 0 radical (unpaired) electrons. The molecule has 1 heterocycles. The molecule has 1 unspecified atom stereocenters. The highest BCUT2D eigenvalue weighted by molar-refractivity contribution is 6.04. The largest absolute Gasteiger partial charge is 0.461 e. The summed E-state index contributed by atoms with van der Waals surface area (Å²) in [4.78, 5) is 40.3. The van der Waals surface area contributed by atoms with E-state index < -0.39 is 5.97 Å². The van der Waals surface area contributed by atoms with Crippen LogP contribution in [0, 0.1) is 0 Å². The predicted molar refractivity (Wildman–Crippen MR) is 131 cm³/mol. The minimum atomic E-state index is -0.433. The summed E-state index contributed by atoms with van der Waals surface area (Å²) in [5.41, 5.74) is 3.63. The van der Waals surface area contributed by atoms with Crippen molar-refractivity contribution >= 4 is 34.4 Å². The van der Waals surface area contributed by atoms with Gasteiger partial charge in [0.2, 0.25) is 0 Å². The third kappa shape index (κ3) is 5.15. The van der Waals surface area contributed by atoms with Gasteiger partial charge in [0.25, 0.3) is 11.8 Å². The zero-order chi connectivity index (χ0) is 24.1. The summed E-state index contributed by atoms with van der Waals surface area (Å²) in [6.07, 6.45) is 0. The van der Waals surface area contributed by atoms with Crippen molar-refractivity contribution in [3.05, 3.63) is 101 Å². The van der Waals surface area contributed by atoms with Gasteiger partial charge in [0.15, 0.2) is 0 Å². The van der Waals surface area contributed by atoms with E-state index in [0.29, 0.717) is 22.5 Å². The Morgan fingerprint density at radius 2 is 1.68 bits per heavy atom. The number of H-pyrrole nitrogens is 1. The molecule has 0 fully saturated rings. The molecule has 1 aromatic heterocycles. The molecular formula is C27H25N3O4. The van der Waals surface area contributed by atoms with Gasteiger partial charge in [-0.15, -0.1) is 0 Å². The summed E-state index contributed by atoms with van der Waals surface area (Å²) in [7, 11) is 0. The number of aromatic amines is 1. The smallest absolute Gasteiger partial charge is 0.354 e. The molecule has 0 saturated carbocycles. The standard InChI is InChI=1S/C27H25N3O4/c1-3-34-27(33)24-16-21-14-20(12-13-23(21)30-24)26(32)28-17(2)19-10-7-11-22(15-19)29-25(31)18-8-5-4-6-9-18/h4-17,30H,3H2,1-2H3,(H,28,32)(H,29,31). The van der Waals surface area contributed by atoms with Crippen LogP contribution in [0.1, 0.15) is 56.7 Å². The maximum Gasteiger partial charge on any atom is 0.354 e. The van der Waals surface area contributed by atoms with Crippen LogP contribution in [-0.2, 0) is 4.74 Å². The Balaban J connectivity index is 1.45. The summed E-state index contributed by atoms with van der Waals surface area (Å²) in [5, 5.41) is 6.62. The number of nitrogens with one attached hydrogen (secondary N) is 3. The summed E-state index contributed by atoms with van der Waals surface area (Å²) in [5.74, 6) is -0.874. The van der Waals surface area contributed by atoms with Gasteiger partial charge in [-0.1, -0.05) is 30.3 Å². The second-order valence-corrected chi connectivity index (χ2v) is 7.85. The number of aromatic nitrogens is 1. The van der Waals surface area contributed by atoms with Crippen LogP contribution in [0.15, 0.2) is 78.9 Å². The first kappa shape index (κ1) is 22.8. The first-order chi connectivity index (χ1) is 16.4. The Hall–Kier alpha value is -4.39. The summed E-state index contributed by atoms with van der Waals surface area (Å²) in [6, 6.07) is 22.9. The molecule has 0 saturated heterocycles. The van der Waals surface area contributed by atoms with Crippen LogP contribution in [0.3, 0.4) is 0 Å². The monoisotopic (exact) mass is 455 g/mol. The molecule has 0 aliphatic carbocycles. The number of amides is 2. The molecule has 3 aromatic carbocycles. The van der Waals surface area contributed by atoms with E-state index in [-0.39, 0.29) is 24.5 Å². The number of carbonyl (C=O) groups is 3. The molecule has 0 aliphatic rings. The number of fused-ring (bicyclic) bond motifs is 1. The lowest BCUT2D eigenvalue weighted by Gasteiger charge is -2.16. The van der Waals surface area contributed by atoms with Crippen LogP contribution in [0.4, 0.5) is 5.69 Å². The number of anilines is 1. The molecule has 4 rings (SSSR count). The first-order valence-corrected chi connectivity index (χ1v) is 11.0. The molecule has 34 heavy (non-hydrogen) atoms. The van der Waals surface area contributed by atoms with Gasteiger partial charge in [0, 0.05) is 27.7 Å². The van der Waals surface area contributed by atoms with Crippen LogP contribution in [0.5, 0.6) is 0 Å². The fourth-order valence-electron chi connectivity index (χ4n) is 3.63. The van der Waals surface area contributed by atoms with Crippen LogP contribution in [0.25, 0.3) is 10.9 Å². The van der Waals surface area contributed by atoms with E-state index in [1.807, 2.05) is 43.3 Å². The highest BCUT2D eigenvalue weighted by atomic mass is 16.5. The lowest BCUT2D eigenvalue weighted by atomic mass is 10.1. The maximum absolute atomic E-state index is 12.9. The van der Waals surface area contributed by atoms with E-state index >= 15 is 0 Å². The van der Waals surface area contributed by atoms with E-state index in [1.165, 1.54) is 0 Å². The van der Waals surface area contributed by atoms with Gasteiger partial charge in [-0.3, -0.25) is 9.59 Å². The van der Waals surface area contributed by atoms with Gasteiger partial charge in [0.1, 0.15) is 5.69 Å². The molecule has 0 bridgehead atoms. The number of esters is 1. The minimum absolute atomic E-state index is 0.198. The molecule has 3 N–H and O–H groups in total. The molecule has 172 valence electrons. The third-order valence-corrected chi connectivity index (χ3v) is 5.41. The normalized spacial score (nSPS) is 11.6. The van der Waals surface area contributed by atoms with Gasteiger partial charge in [-0.05, 0) is 67.9 Å². The van der Waals surface area contributed by atoms with Crippen LogP contribution >= 0.6 is 0 Å². The van der Waals surface area contributed by atoms with Gasteiger partial charge < -0.3 is 20.4 Å². The van der Waals surface area contributed by atoms with Gasteiger partial charge in [0.05, 0.1) is 12.6 Å². The lowest BCUT2D eigenvalue weighted by Crippen LogP contribution is -2.26. The Bertz CT molecular complexity index is 1340. The number of rotatable bonds is 7. The molecule has 0 spiro atoms. The summed E-state index contributed by atoms with van der Waals surface area (Å²) in [6.45, 7) is 3.91. The topological polar surface area (TPSA) is 100 Å². The Morgan fingerprint density at radius 1 is 0.882 bits per heavy atom. The average Bonchev–Trinajstić information content (AvgIpc) is 3.28. The Kier molecular flexibility index (Phi) is 6.73. The minimum Gasteiger partial charge on any atom is -0.461 e. The second kappa shape index (κ2) is 10.0. The van der Waals surface area contributed by atoms with Gasteiger partial charge in [-0.2, -0.15) is 0 Å². The van der Waals surface area contributed by atoms with E-state index in [2.05, 4.69) is 15.6 Å². The first-order valence-electron chi connectivity index (χ1n) is 11.0. The van der Waals surface area contributed by atoms with E-state index in [0.717, 1.165) is 16.5 Å². The van der Waals surface area contributed by atoms with Crippen molar-refractivity contribution in [3.8, 4) is 0 Å². The van der Waals surface area contributed by atoms with Gasteiger partial charge in [-0.25, -0.2) is 4.79 Å². The SMILES string of the molecule is CCOC(=O)c1cc2cc(C(=O)NC(C)c3cccc(NC(=O)c4ccccc4)c3)ccc2[nH]1. The van der Waals surface area contributed by atoms with E-state index in [1.54, 1.807) is 49.4 Å². The molecule has 1 atom stereocenters. The number of ether oxygens (including phenoxy) is 1. The lowest BCUT2D eigenvalue weighted by molar-refractivity contribution is 0.0520. The summed E-state index contributed by atoms with van der Waals surface area (Å²) >= 11 is 0. The zero-order valence-corrected chi connectivity index (χ0v) is 18.9. The Morgan fingerprint density at radius 3 is 2.44 bits per heavy atom. The zero-order valence-electron chi connectivity index (χ0n) is 18.9. The number of hydrogen-bond acceptors (Lipinski definition) is 4. The Labute approximate surface area is 197 Å². The van der Waals surface area contributed by atoms with Crippen molar-refractivity contribution in [2.24, 2.45) is 0 Å². The second-order valence-electron chi connectivity index (χ2n) is 7.85. The highest BCUT2D eigenvalue weighted by Crippen LogP contribution is 2.21. The predicted octanol–water partition coefficient (Wildman–Crippen LogP) is 5.09. The van der Waals surface area contributed by atoms with Crippen molar-refractivity contribution in [2.45, 2.75) is 19.9 Å². The van der Waals surface area contributed by atoms with Crippen LogP contribution in [-0.4, -0.2) is 29.4 Å². The number of hydrogen-bond donors (Lipinski definition) is 3. The van der Waals surface area contributed by atoms with Crippen molar-refractivity contribution in [1.29, 1.82) is 0 Å². The van der Waals surface area contributed by atoms with Gasteiger partial charge >= 0.3 is 5.97 Å². The molecule has 7 heteroatoms. The van der Waals surface area contributed by atoms with E-state index in [9.17, 15) is 14.4 Å². The molecular weight excluding hydrogens is 430 g/mol. The molecule has 0 aliphatic heterocycles. The maximum atomic E-state index is 12.9. The average molecular weight is 456 g/mol. The molecule has 7 nitrogen and oxygen atoms in total. The van der Waals surface area contributed by atoms with Crippen molar-refractivity contribution in [3.63, 3.8) is 0 Å². The quantitative estimate of drug-likeness (QED) is 0.338. The van der Waals surface area contributed by atoms with E-state index in [4.69, 9.17) is 4.74 Å². The van der Waals surface area contributed by atoms with Crippen LogP contribution < -0.4 is 10.6 Å². The fourth-order valence-corrected chi connectivity index (χ4v) is 3.63. The third-order valence-electron chi connectivity index (χ3n) is 5.41. The number of benzene rings is 3. The molecule has 4 aromatic rings. The fraction of sp³-hybridized carbons (Fsp3) is 0.148. The van der Waals surface area contributed by atoms with Crippen molar-refractivity contribution < 1.29 is 19.1 Å².